The molecule has 0 radical (unpaired) electrons. The Kier molecular flexibility index (Phi) is 7.65. The molecule has 1 saturated heterocycles. The Morgan fingerprint density at radius 3 is 2.94 bits per heavy atom. The highest BCUT2D eigenvalue weighted by molar-refractivity contribution is 5.91. The molecule has 1 aliphatic rings. The number of unbranched alkanes of at least 4 members (excludes halogenated alkanes) is 4. The summed E-state index contributed by atoms with van der Waals surface area (Å²) in [6.07, 6.45) is 7.37. The summed E-state index contributed by atoms with van der Waals surface area (Å²) in [6.45, 7) is 4.06. The van der Waals surface area contributed by atoms with Gasteiger partial charge in [0.1, 0.15) is 0 Å². The molecule has 1 fully saturated rings. The predicted octanol–water partition coefficient (Wildman–Crippen LogP) is 2.96. The Bertz CT molecular complexity index is 273. The third kappa shape index (κ3) is 6.15. The number of carbonyl (C=O) groups is 1. The summed E-state index contributed by atoms with van der Waals surface area (Å²) in [5.41, 5.74) is 0. The molecule has 1 N–H and O–H groups in total. The van der Waals surface area contributed by atoms with Crippen molar-refractivity contribution in [3.8, 4) is 0 Å². The summed E-state index contributed by atoms with van der Waals surface area (Å²) >= 11 is 0. The minimum absolute atomic E-state index is 0.339. The predicted molar refractivity (Wildman–Crippen MR) is 69.9 cm³/mol. The van der Waals surface area contributed by atoms with E-state index in [2.05, 4.69) is 12.2 Å². The monoisotopic (exact) mass is 257 g/mol. The van der Waals surface area contributed by atoms with E-state index < -0.39 is 11.7 Å². The Labute approximate surface area is 109 Å². The zero-order valence-electron chi connectivity index (χ0n) is 11.2. The zero-order valence-corrected chi connectivity index (χ0v) is 11.2. The summed E-state index contributed by atoms with van der Waals surface area (Å²) in [7, 11) is 0. The molecule has 0 aromatic heterocycles. The molecular weight excluding hydrogens is 233 g/mol. The number of rotatable bonds is 8. The molecule has 1 aliphatic heterocycles. The fourth-order valence-electron chi connectivity index (χ4n) is 1.96. The van der Waals surface area contributed by atoms with Crippen LogP contribution in [0.4, 0.5) is 4.39 Å². The smallest absolute Gasteiger partial charge is 0.279 e. The van der Waals surface area contributed by atoms with E-state index in [1.54, 1.807) is 0 Å². The van der Waals surface area contributed by atoms with E-state index in [1.807, 2.05) is 0 Å². The van der Waals surface area contributed by atoms with Crippen molar-refractivity contribution in [3.05, 3.63) is 11.9 Å². The van der Waals surface area contributed by atoms with Crippen LogP contribution in [0.25, 0.3) is 0 Å². The first-order valence-corrected chi connectivity index (χ1v) is 6.95. The van der Waals surface area contributed by atoms with Crippen LogP contribution < -0.4 is 5.32 Å². The number of hydrogen-bond acceptors (Lipinski definition) is 2. The molecule has 1 atom stereocenters. The molecule has 4 heteroatoms. The molecule has 0 saturated carbocycles. The van der Waals surface area contributed by atoms with Crippen LogP contribution >= 0.6 is 0 Å². The molecule has 1 heterocycles. The lowest BCUT2D eigenvalue weighted by atomic mass is 10.1. The summed E-state index contributed by atoms with van der Waals surface area (Å²) in [5.74, 6) is -0.894. The Morgan fingerprint density at radius 2 is 2.28 bits per heavy atom. The molecule has 0 aromatic rings. The highest BCUT2D eigenvalue weighted by Gasteiger charge is 2.17. The fraction of sp³-hybridized carbons (Fsp3) is 0.786. The third-order valence-corrected chi connectivity index (χ3v) is 3.17. The molecule has 0 bridgehead atoms. The summed E-state index contributed by atoms with van der Waals surface area (Å²) < 4.78 is 18.6. The molecule has 0 aliphatic carbocycles. The normalized spacial score (nSPS) is 20.1. The van der Waals surface area contributed by atoms with E-state index in [1.165, 1.54) is 12.5 Å². The Hall–Kier alpha value is -0.900. The number of halogens is 1. The van der Waals surface area contributed by atoms with Gasteiger partial charge >= 0.3 is 0 Å². The molecule has 0 aromatic carbocycles. The van der Waals surface area contributed by atoms with Gasteiger partial charge in [-0.2, -0.15) is 0 Å². The number of amides is 1. The molecule has 104 valence electrons. The maximum atomic E-state index is 13.4. The van der Waals surface area contributed by atoms with Crippen LogP contribution in [0.1, 0.15) is 45.4 Å². The van der Waals surface area contributed by atoms with Gasteiger partial charge in [0, 0.05) is 19.1 Å². The maximum absolute atomic E-state index is 13.4. The second-order valence-electron chi connectivity index (χ2n) is 4.84. The zero-order chi connectivity index (χ0) is 13.2. The van der Waals surface area contributed by atoms with Crippen molar-refractivity contribution in [2.75, 3.05) is 19.8 Å². The Balaban J connectivity index is 2.12. The first kappa shape index (κ1) is 15.2. The molecular formula is C14H24FNO2. The third-order valence-electron chi connectivity index (χ3n) is 3.17. The SMILES string of the molecule is CCCCCC/C=C(\F)C(=O)NCC1CCOC1. The minimum atomic E-state index is -0.648. The standard InChI is InChI=1S/C14H24FNO2/c1-2-3-4-5-6-7-13(15)14(17)16-10-12-8-9-18-11-12/h7,12H,2-6,8-11H2,1H3,(H,16,17)/b13-7-. The van der Waals surface area contributed by atoms with Crippen LogP contribution in [0, 0.1) is 5.92 Å². The van der Waals surface area contributed by atoms with Gasteiger partial charge < -0.3 is 10.1 Å². The van der Waals surface area contributed by atoms with Crippen molar-refractivity contribution in [2.45, 2.75) is 45.4 Å². The minimum Gasteiger partial charge on any atom is -0.381 e. The average Bonchev–Trinajstić information content (AvgIpc) is 2.88. The van der Waals surface area contributed by atoms with Crippen molar-refractivity contribution in [3.63, 3.8) is 0 Å². The van der Waals surface area contributed by atoms with E-state index in [0.717, 1.165) is 32.3 Å². The molecule has 1 rings (SSSR count). The largest absolute Gasteiger partial charge is 0.381 e. The topological polar surface area (TPSA) is 38.3 Å². The van der Waals surface area contributed by atoms with Gasteiger partial charge in [0.05, 0.1) is 6.61 Å². The first-order valence-electron chi connectivity index (χ1n) is 6.95. The summed E-state index contributed by atoms with van der Waals surface area (Å²) in [4.78, 5) is 11.4. The quantitative estimate of drug-likeness (QED) is 0.536. The summed E-state index contributed by atoms with van der Waals surface area (Å²) in [5, 5.41) is 2.61. The molecule has 3 nitrogen and oxygen atoms in total. The van der Waals surface area contributed by atoms with Crippen LogP contribution in [0.3, 0.4) is 0 Å². The van der Waals surface area contributed by atoms with Crippen molar-refractivity contribution >= 4 is 5.91 Å². The van der Waals surface area contributed by atoms with E-state index in [-0.39, 0.29) is 0 Å². The molecule has 0 spiro atoms. The Morgan fingerprint density at radius 1 is 1.44 bits per heavy atom. The first-order chi connectivity index (χ1) is 8.74. The van der Waals surface area contributed by atoms with Crippen molar-refractivity contribution in [1.82, 2.24) is 5.32 Å². The van der Waals surface area contributed by atoms with E-state index in [4.69, 9.17) is 4.74 Å². The number of nitrogens with one attached hydrogen (secondary N) is 1. The van der Waals surface area contributed by atoms with Gasteiger partial charge in [-0.3, -0.25) is 4.79 Å². The number of hydrogen-bond donors (Lipinski definition) is 1. The number of carbonyl (C=O) groups excluding carboxylic acids is 1. The van der Waals surface area contributed by atoms with Crippen LogP contribution in [-0.2, 0) is 9.53 Å². The van der Waals surface area contributed by atoms with Crippen molar-refractivity contribution < 1.29 is 13.9 Å². The van der Waals surface area contributed by atoms with Gasteiger partial charge in [-0.05, 0) is 25.3 Å². The van der Waals surface area contributed by atoms with Gasteiger partial charge in [-0.25, -0.2) is 4.39 Å². The van der Waals surface area contributed by atoms with Crippen LogP contribution in [-0.4, -0.2) is 25.7 Å². The van der Waals surface area contributed by atoms with E-state index >= 15 is 0 Å². The highest BCUT2D eigenvalue weighted by Crippen LogP contribution is 2.11. The second kappa shape index (κ2) is 9.09. The number of ether oxygens (including phenoxy) is 1. The lowest BCUT2D eigenvalue weighted by molar-refractivity contribution is -0.119. The van der Waals surface area contributed by atoms with Gasteiger partial charge in [0.25, 0.3) is 5.91 Å². The molecule has 18 heavy (non-hydrogen) atoms. The van der Waals surface area contributed by atoms with E-state index in [0.29, 0.717) is 25.5 Å². The maximum Gasteiger partial charge on any atom is 0.279 e. The lowest BCUT2D eigenvalue weighted by Crippen LogP contribution is -2.29. The van der Waals surface area contributed by atoms with Crippen LogP contribution in [0.15, 0.2) is 11.9 Å². The van der Waals surface area contributed by atoms with Crippen molar-refractivity contribution in [2.24, 2.45) is 5.92 Å². The van der Waals surface area contributed by atoms with Gasteiger partial charge in [0.2, 0.25) is 0 Å². The average molecular weight is 257 g/mol. The van der Waals surface area contributed by atoms with E-state index in [9.17, 15) is 9.18 Å². The van der Waals surface area contributed by atoms with Crippen molar-refractivity contribution in [1.29, 1.82) is 0 Å². The lowest BCUT2D eigenvalue weighted by Gasteiger charge is -2.08. The van der Waals surface area contributed by atoms with Gasteiger partial charge in [-0.15, -0.1) is 0 Å². The second-order valence-corrected chi connectivity index (χ2v) is 4.84. The highest BCUT2D eigenvalue weighted by atomic mass is 19.1. The molecule has 1 unspecified atom stereocenters. The van der Waals surface area contributed by atoms with Gasteiger partial charge in [-0.1, -0.05) is 26.2 Å². The fourth-order valence-corrected chi connectivity index (χ4v) is 1.96. The molecule has 1 amide bonds. The summed E-state index contributed by atoms with van der Waals surface area (Å²) in [6, 6.07) is 0. The van der Waals surface area contributed by atoms with Crippen LogP contribution in [0.2, 0.25) is 0 Å². The number of allylic oxidation sites excluding steroid dienone is 1. The van der Waals surface area contributed by atoms with Gasteiger partial charge in [0.15, 0.2) is 5.83 Å². The van der Waals surface area contributed by atoms with Crippen LogP contribution in [0.5, 0.6) is 0 Å².